The number of nitrogens with zero attached hydrogens (tertiary/aromatic N) is 1. The van der Waals surface area contributed by atoms with Crippen LogP contribution in [0.1, 0.15) is 43.9 Å². The number of nitrogens with one attached hydrogen (secondary N) is 1. The van der Waals surface area contributed by atoms with Crippen LogP contribution in [0.15, 0.2) is 42.5 Å². The molecule has 0 bridgehead atoms. The molecular formula is C25H32Cl2N2O2S. The van der Waals surface area contributed by atoms with Crippen molar-refractivity contribution in [3.63, 3.8) is 0 Å². The molecule has 0 aromatic heterocycles. The van der Waals surface area contributed by atoms with Crippen LogP contribution in [-0.2, 0) is 21.9 Å². The first kappa shape index (κ1) is 26.6. The van der Waals surface area contributed by atoms with E-state index in [0.717, 1.165) is 16.7 Å². The lowest BCUT2D eigenvalue weighted by molar-refractivity contribution is -0.139. The number of hydrogen-bond acceptors (Lipinski definition) is 3. The maximum atomic E-state index is 13.3. The Hall–Kier alpha value is -1.69. The van der Waals surface area contributed by atoms with E-state index >= 15 is 0 Å². The molecule has 0 aliphatic carbocycles. The molecule has 0 saturated carbocycles. The first-order chi connectivity index (χ1) is 15.2. The van der Waals surface area contributed by atoms with E-state index in [1.807, 2.05) is 50.2 Å². The minimum absolute atomic E-state index is 0.0511. The molecule has 2 rings (SSSR count). The monoisotopic (exact) mass is 494 g/mol. The Morgan fingerprint density at radius 2 is 1.81 bits per heavy atom. The van der Waals surface area contributed by atoms with E-state index in [2.05, 4.69) is 19.2 Å². The van der Waals surface area contributed by atoms with Crippen molar-refractivity contribution in [1.29, 1.82) is 0 Å². The molecule has 1 atom stereocenters. The predicted octanol–water partition coefficient (Wildman–Crippen LogP) is 6.11. The molecule has 0 heterocycles. The summed E-state index contributed by atoms with van der Waals surface area (Å²) in [6.45, 7) is 9.08. The van der Waals surface area contributed by atoms with Crippen molar-refractivity contribution in [3.8, 4) is 0 Å². The lowest BCUT2D eigenvalue weighted by atomic mass is 10.1. The molecule has 7 heteroatoms. The second-order valence-corrected chi connectivity index (χ2v) is 10.1. The highest BCUT2D eigenvalue weighted by Gasteiger charge is 2.28. The van der Waals surface area contributed by atoms with Crippen LogP contribution >= 0.6 is 35.0 Å². The summed E-state index contributed by atoms with van der Waals surface area (Å²) in [7, 11) is 0. The maximum absolute atomic E-state index is 13.3. The van der Waals surface area contributed by atoms with Gasteiger partial charge < -0.3 is 10.2 Å². The molecule has 0 aliphatic rings. The molecule has 174 valence electrons. The van der Waals surface area contributed by atoms with Gasteiger partial charge in [-0.25, -0.2) is 0 Å². The van der Waals surface area contributed by atoms with Gasteiger partial charge in [-0.15, -0.1) is 11.8 Å². The van der Waals surface area contributed by atoms with E-state index in [0.29, 0.717) is 41.2 Å². The number of halogens is 2. The van der Waals surface area contributed by atoms with Crippen molar-refractivity contribution in [2.24, 2.45) is 5.92 Å². The van der Waals surface area contributed by atoms with Crippen LogP contribution in [0.25, 0.3) is 0 Å². The zero-order valence-corrected chi connectivity index (χ0v) is 21.5. The average Bonchev–Trinajstić information content (AvgIpc) is 2.75. The molecule has 0 unspecified atom stereocenters. The second kappa shape index (κ2) is 13.1. The number of carbonyl (C=O) groups excluding carboxylic acids is 2. The topological polar surface area (TPSA) is 49.4 Å². The van der Waals surface area contributed by atoms with Crippen molar-refractivity contribution >= 4 is 46.8 Å². The molecule has 0 fully saturated rings. The predicted molar refractivity (Wildman–Crippen MR) is 136 cm³/mol. The number of aryl methyl sites for hydroxylation is 1. The minimum Gasteiger partial charge on any atom is -0.354 e. The molecule has 4 nitrogen and oxygen atoms in total. The Kier molecular flexibility index (Phi) is 10.9. The minimum atomic E-state index is -0.508. The summed E-state index contributed by atoms with van der Waals surface area (Å²) in [5.74, 6) is 1.11. The van der Waals surface area contributed by atoms with Crippen molar-refractivity contribution in [1.82, 2.24) is 10.2 Å². The van der Waals surface area contributed by atoms with Gasteiger partial charge in [0.05, 0.1) is 15.8 Å². The zero-order valence-electron chi connectivity index (χ0n) is 19.2. The van der Waals surface area contributed by atoms with Crippen LogP contribution < -0.4 is 5.32 Å². The molecule has 0 saturated heterocycles. The molecule has 0 aliphatic heterocycles. The van der Waals surface area contributed by atoms with Crippen LogP contribution in [0.4, 0.5) is 0 Å². The first-order valence-corrected chi connectivity index (χ1v) is 12.8. The third-order valence-corrected chi connectivity index (χ3v) is 6.88. The first-order valence-electron chi connectivity index (χ1n) is 10.9. The third kappa shape index (κ3) is 8.02. The van der Waals surface area contributed by atoms with Gasteiger partial charge in [0.25, 0.3) is 0 Å². The van der Waals surface area contributed by atoms with Crippen LogP contribution in [0.2, 0.25) is 10.0 Å². The fourth-order valence-electron chi connectivity index (χ4n) is 3.28. The van der Waals surface area contributed by atoms with E-state index in [4.69, 9.17) is 23.2 Å². The standard InChI is InChI=1S/C25H32Cl2N2O2S/c1-5-23(25(31)28-13-17(2)3)29(14-20-9-7-6-8-18(20)4)24(30)16-32-15-19-10-11-21(26)22(27)12-19/h6-12,17,23H,5,13-16H2,1-4H3,(H,28,31)/t23-/m1/s1. The van der Waals surface area contributed by atoms with Crippen LogP contribution in [0, 0.1) is 12.8 Å². The van der Waals surface area contributed by atoms with Gasteiger partial charge in [-0.3, -0.25) is 9.59 Å². The van der Waals surface area contributed by atoms with Crippen molar-refractivity contribution in [2.45, 2.75) is 52.5 Å². The molecule has 2 aromatic rings. The highest BCUT2D eigenvalue weighted by atomic mass is 35.5. The highest BCUT2D eigenvalue weighted by Crippen LogP contribution is 2.25. The molecule has 2 amide bonds. The lowest BCUT2D eigenvalue weighted by Gasteiger charge is -2.31. The number of carbonyl (C=O) groups is 2. The Morgan fingerprint density at radius 1 is 1.09 bits per heavy atom. The Morgan fingerprint density at radius 3 is 2.44 bits per heavy atom. The van der Waals surface area contributed by atoms with Gasteiger partial charge in [0.2, 0.25) is 11.8 Å². The summed E-state index contributed by atoms with van der Waals surface area (Å²) in [5.41, 5.74) is 3.15. The third-order valence-electron chi connectivity index (χ3n) is 5.15. The number of amides is 2. The summed E-state index contributed by atoms with van der Waals surface area (Å²) >= 11 is 13.6. The number of thioether (sulfide) groups is 1. The van der Waals surface area contributed by atoms with Gasteiger partial charge in [-0.2, -0.15) is 0 Å². The molecule has 0 spiro atoms. The zero-order chi connectivity index (χ0) is 23.7. The smallest absolute Gasteiger partial charge is 0.242 e. The van der Waals surface area contributed by atoms with E-state index in [9.17, 15) is 9.59 Å². The summed E-state index contributed by atoms with van der Waals surface area (Å²) in [6, 6.07) is 13.0. The summed E-state index contributed by atoms with van der Waals surface area (Å²) in [6.07, 6.45) is 0.555. The SMILES string of the molecule is CC[C@H](C(=O)NCC(C)C)N(Cc1ccccc1C)C(=O)CSCc1ccc(Cl)c(Cl)c1. The number of hydrogen-bond donors (Lipinski definition) is 1. The molecule has 0 radical (unpaired) electrons. The summed E-state index contributed by atoms with van der Waals surface area (Å²) in [4.78, 5) is 27.9. The van der Waals surface area contributed by atoms with Crippen molar-refractivity contribution < 1.29 is 9.59 Å². The fraction of sp³-hybridized carbons (Fsp3) is 0.440. The lowest BCUT2D eigenvalue weighted by Crippen LogP contribution is -2.50. The normalized spacial score (nSPS) is 12.0. The van der Waals surface area contributed by atoms with Crippen molar-refractivity contribution in [2.75, 3.05) is 12.3 Å². The van der Waals surface area contributed by atoms with Gasteiger partial charge in [-0.05, 0) is 48.1 Å². The van der Waals surface area contributed by atoms with Crippen LogP contribution in [0.3, 0.4) is 0 Å². The fourth-order valence-corrected chi connectivity index (χ4v) is 4.46. The van der Waals surface area contributed by atoms with E-state index in [-0.39, 0.29) is 17.6 Å². The van der Waals surface area contributed by atoms with E-state index in [1.54, 1.807) is 11.0 Å². The molecule has 1 N–H and O–H groups in total. The van der Waals surface area contributed by atoms with Gasteiger partial charge in [-0.1, -0.05) is 74.3 Å². The van der Waals surface area contributed by atoms with Gasteiger partial charge in [0.15, 0.2) is 0 Å². The number of rotatable bonds is 11. The summed E-state index contributed by atoms with van der Waals surface area (Å²) in [5, 5.41) is 4.01. The average molecular weight is 496 g/mol. The maximum Gasteiger partial charge on any atom is 0.242 e. The molecular weight excluding hydrogens is 463 g/mol. The van der Waals surface area contributed by atoms with Gasteiger partial charge in [0.1, 0.15) is 6.04 Å². The number of benzene rings is 2. The van der Waals surface area contributed by atoms with Crippen molar-refractivity contribution in [3.05, 3.63) is 69.2 Å². The van der Waals surface area contributed by atoms with Gasteiger partial charge >= 0.3 is 0 Å². The van der Waals surface area contributed by atoms with Crippen LogP contribution in [-0.4, -0.2) is 35.1 Å². The van der Waals surface area contributed by atoms with E-state index in [1.165, 1.54) is 11.8 Å². The molecule has 32 heavy (non-hydrogen) atoms. The highest BCUT2D eigenvalue weighted by molar-refractivity contribution is 7.99. The van der Waals surface area contributed by atoms with Crippen LogP contribution in [0.5, 0.6) is 0 Å². The quantitative estimate of drug-likeness (QED) is 0.409. The molecule has 2 aromatic carbocycles. The summed E-state index contributed by atoms with van der Waals surface area (Å²) < 4.78 is 0. The largest absolute Gasteiger partial charge is 0.354 e. The Balaban J connectivity index is 2.14. The Labute approximate surface area is 206 Å². The van der Waals surface area contributed by atoms with Gasteiger partial charge in [0, 0.05) is 18.8 Å². The second-order valence-electron chi connectivity index (χ2n) is 8.25. The van der Waals surface area contributed by atoms with E-state index < -0.39 is 6.04 Å². The Bertz CT molecular complexity index is 921.